The van der Waals surface area contributed by atoms with Crippen LogP contribution < -0.4 is 0 Å². The Morgan fingerprint density at radius 3 is 2.71 bits per heavy atom. The summed E-state index contributed by atoms with van der Waals surface area (Å²) in [5.41, 5.74) is 2.21. The molecule has 2 aromatic heterocycles. The third-order valence-electron chi connectivity index (χ3n) is 2.47. The van der Waals surface area contributed by atoms with Crippen molar-refractivity contribution >= 4 is 17.5 Å². The van der Waals surface area contributed by atoms with E-state index in [9.17, 15) is 4.79 Å². The molecule has 1 aromatic carbocycles. The highest BCUT2D eigenvalue weighted by atomic mass is 16.3. The Morgan fingerprint density at radius 2 is 1.94 bits per heavy atom. The third-order valence-corrected chi connectivity index (χ3v) is 2.47. The predicted octanol–water partition coefficient (Wildman–Crippen LogP) is 2.70. The van der Waals surface area contributed by atoms with Crippen molar-refractivity contribution in [3.63, 3.8) is 0 Å². The van der Waals surface area contributed by atoms with Gasteiger partial charge in [-0.25, -0.2) is 4.98 Å². The van der Waals surface area contributed by atoms with Crippen molar-refractivity contribution in [1.29, 1.82) is 0 Å². The zero-order valence-corrected chi connectivity index (χ0v) is 8.83. The molecule has 2 heterocycles. The first-order valence-corrected chi connectivity index (χ1v) is 5.14. The first kappa shape index (κ1) is 9.72. The van der Waals surface area contributed by atoms with E-state index in [4.69, 9.17) is 4.42 Å². The first-order chi connectivity index (χ1) is 8.38. The van der Waals surface area contributed by atoms with Gasteiger partial charge in [-0.1, -0.05) is 18.2 Å². The molecule has 3 aromatic rings. The Balaban J connectivity index is 2.24. The Hall–Kier alpha value is -2.49. The standard InChI is InChI=1S/C13H8N2O2/c16-8-10-6-7-14-12-11(10)17-13(15-12)9-4-2-1-3-5-9/h1-8H. The summed E-state index contributed by atoms with van der Waals surface area (Å²) in [5, 5.41) is 0. The highest BCUT2D eigenvalue weighted by Crippen LogP contribution is 2.24. The van der Waals surface area contributed by atoms with Crippen LogP contribution in [0.4, 0.5) is 0 Å². The molecule has 3 rings (SSSR count). The van der Waals surface area contributed by atoms with E-state index in [1.165, 1.54) is 0 Å². The van der Waals surface area contributed by atoms with Gasteiger partial charge in [-0.05, 0) is 18.2 Å². The van der Waals surface area contributed by atoms with Crippen LogP contribution in [0.15, 0.2) is 47.0 Å². The lowest BCUT2D eigenvalue weighted by Gasteiger charge is -1.92. The molecule has 0 aliphatic carbocycles. The summed E-state index contributed by atoms with van der Waals surface area (Å²) in [7, 11) is 0. The van der Waals surface area contributed by atoms with Crippen molar-refractivity contribution in [2.75, 3.05) is 0 Å². The second-order valence-electron chi connectivity index (χ2n) is 3.56. The molecule has 0 radical (unpaired) electrons. The molecule has 0 saturated carbocycles. The fraction of sp³-hybridized carbons (Fsp3) is 0. The lowest BCUT2D eigenvalue weighted by Crippen LogP contribution is -1.82. The van der Waals surface area contributed by atoms with E-state index in [2.05, 4.69) is 9.97 Å². The van der Waals surface area contributed by atoms with Crippen LogP contribution in [0.25, 0.3) is 22.7 Å². The monoisotopic (exact) mass is 224 g/mol. The summed E-state index contributed by atoms with van der Waals surface area (Å²) in [5.74, 6) is 0.474. The molecule has 0 amide bonds. The number of hydrogen-bond donors (Lipinski definition) is 0. The fourth-order valence-electron chi connectivity index (χ4n) is 1.65. The van der Waals surface area contributed by atoms with Crippen molar-refractivity contribution in [3.05, 3.63) is 48.2 Å². The molecule has 4 heteroatoms. The van der Waals surface area contributed by atoms with Gasteiger partial charge in [0.05, 0.1) is 5.56 Å². The minimum absolute atomic E-state index is 0.432. The number of pyridine rings is 1. The van der Waals surface area contributed by atoms with Crippen molar-refractivity contribution < 1.29 is 9.21 Å². The van der Waals surface area contributed by atoms with Gasteiger partial charge in [-0.15, -0.1) is 0 Å². The number of hydrogen-bond acceptors (Lipinski definition) is 4. The predicted molar refractivity (Wildman–Crippen MR) is 62.6 cm³/mol. The molecule has 0 fully saturated rings. The number of nitrogens with zero attached hydrogens (tertiary/aromatic N) is 2. The first-order valence-electron chi connectivity index (χ1n) is 5.14. The molecule has 0 spiro atoms. The molecule has 17 heavy (non-hydrogen) atoms. The highest BCUT2D eigenvalue weighted by Gasteiger charge is 2.11. The van der Waals surface area contributed by atoms with Gasteiger partial charge >= 0.3 is 0 Å². The van der Waals surface area contributed by atoms with Gasteiger partial charge in [0.2, 0.25) is 5.89 Å². The van der Waals surface area contributed by atoms with E-state index >= 15 is 0 Å². The topological polar surface area (TPSA) is 56.0 Å². The molecular weight excluding hydrogens is 216 g/mol. The van der Waals surface area contributed by atoms with E-state index in [-0.39, 0.29) is 0 Å². The molecule has 0 aliphatic heterocycles. The molecule has 82 valence electrons. The molecule has 4 nitrogen and oxygen atoms in total. The number of benzene rings is 1. The van der Waals surface area contributed by atoms with Gasteiger partial charge in [0.1, 0.15) is 0 Å². The Morgan fingerprint density at radius 1 is 1.12 bits per heavy atom. The minimum Gasteiger partial charge on any atom is -0.434 e. The van der Waals surface area contributed by atoms with Crippen molar-refractivity contribution in [2.24, 2.45) is 0 Å². The molecule has 0 aliphatic rings. The smallest absolute Gasteiger partial charge is 0.228 e. The number of aromatic nitrogens is 2. The summed E-state index contributed by atoms with van der Waals surface area (Å²) in [6, 6.07) is 11.1. The van der Waals surface area contributed by atoms with Gasteiger partial charge in [-0.3, -0.25) is 4.79 Å². The van der Waals surface area contributed by atoms with Crippen molar-refractivity contribution in [2.45, 2.75) is 0 Å². The van der Waals surface area contributed by atoms with Gasteiger partial charge in [0, 0.05) is 11.8 Å². The Kier molecular flexibility index (Phi) is 2.19. The summed E-state index contributed by atoms with van der Waals surface area (Å²) in [4.78, 5) is 19.2. The van der Waals surface area contributed by atoms with Crippen LogP contribution in [-0.4, -0.2) is 16.3 Å². The van der Waals surface area contributed by atoms with E-state index in [1.807, 2.05) is 30.3 Å². The van der Waals surface area contributed by atoms with E-state index in [1.54, 1.807) is 12.3 Å². The van der Waals surface area contributed by atoms with Crippen LogP contribution in [0.3, 0.4) is 0 Å². The molecule has 0 saturated heterocycles. The van der Waals surface area contributed by atoms with Gasteiger partial charge in [0.25, 0.3) is 0 Å². The summed E-state index contributed by atoms with van der Waals surface area (Å²) in [6.07, 6.45) is 2.29. The Labute approximate surface area is 96.9 Å². The zero-order chi connectivity index (χ0) is 11.7. The van der Waals surface area contributed by atoms with Crippen molar-refractivity contribution in [3.8, 4) is 11.5 Å². The van der Waals surface area contributed by atoms with Crippen molar-refractivity contribution in [1.82, 2.24) is 9.97 Å². The summed E-state index contributed by atoms with van der Waals surface area (Å²) < 4.78 is 5.57. The van der Waals surface area contributed by atoms with E-state index in [0.29, 0.717) is 22.7 Å². The average molecular weight is 224 g/mol. The van der Waals surface area contributed by atoms with Crippen LogP contribution >= 0.6 is 0 Å². The Bertz CT molecular complexity index is 674. The molecule has 0 atom stereocenters. The maximum Gasteiger partial charge on any atom is 0.228 e. The summed E-state index contributed by atoms with van der Waals surface area (Å²) in [6.45, 7) is 0. The maximum atomic E-state index is 10.9. The lowest BCUT2D eigenvalue weighted by atomic mass is 10.2. The lowest BCUT2D eigenvalue weighted by molar-refractivity contribution is 0.112. The van der Waals surface area contributed by atoms with Crippen LogP contribution in [0, 0.1) is 0 Å². The number of rotatable bonds is 2. The second kappa shape index (κ2) is 3.83. The largest absolute Gasteiger partial charge is 0.434 e. The minimum atomic E-state index is 0.432. The average Bonchev–Trinajstić information content (AvgIpc) is 2.83. The number of carbonyl (C=O) groups is 1. The SMILES string of the molecule is O=Cc1ccnc2nc(-c3ccccc3)oc12. The van der Waals surface area contributed by atoms with E-state index < -0.39 is 0 Å². The maximum absolute atomic E-state index is 10.9. The zero-order valence-electron chi connectivity index (χ0n) is 8.83. The number of aldehydes is 1. The van der Waals surface area contributed by atoms with Gasteiger partial charge in [-0.2, -0.15) is 4.98 Å². The third kappa shape index (κ3) is 1.59. The van der Waals surface area contributed by atoms with E-state index in [0.717, 1.165) is 11.8 Å². The number of carbonyl (C=O) groups excluding carboxylic acids is 1. The number of oxazole rings is 1. The van der Waals surface area contributed by atoms with Crippen LogP contribution in [0.1, 0.15) is 10.4 Å². The van der Waals surface area contributed by atoms with Crippen LogP contribution in [0.5, 0.6) is 0 Å². The molecule has 0 unspecified atom stereocenters. The van der Waals surface area contributed by atoms with Crippen LogP contribution in [-0.2, 0) is 0 Å². The highest BCUT2D eigenvalue weighted by molar-refractivity contribution is 5.91. The normalized spacial score (nSPS) is 10.6. The quantitative estimate of drug-likeness (QED) is 0.628. The number of fused-ring (bicyclic) bond motifs is 1. The fourth-order valence-corrected chi connectivity index (χ4v) is 1.65. The second-order valence-corrected chi connectivity index (χ2v) is 3.56. The molecule has 0 bridgehead atoms. The van der Waals surface area contributed by atoms with Gasteiger partial charge in [0.15, 0.2) is 17.5 Å². The van der Waals surface area contributed by atoms with Crippen LogP contribution in [0.2, 0.25) is 0 Å². The molecular formula is C13H8N2O2. The summed E-state index contributed by atoms with van der Waals surface area (Å²) >= 11 is 0. The van der Waals surface area contributed by atoms with Gasteiger partial charge < -0.3 is 4.42 Å². The molecule has 0 N–H and O–H groups in total.